The lowest BCUT2D eigenvalue weighted by Gasteiger charge is -2.33. The second-order valence-corrected chi connectivity index (χ2v) is 12.0. The van der Waals surface area contributed by atoms with Gasteiger partial charge in [0, 0.05) is 18.0 Å². The van der Waals surface area contributed by atoms with E-state index in [0.717, 1.165) is 14.8 Å². The SMILES string of the molecule is CCNC(=O)[C@H](CC)N(Cc1ccc(OC)cc1)C(=O)CN(c1ccccc1OCC)S(=O)(=O)c1ccc(SC)cc1. The molecule has 1 atom stereocenters. The average molecular weight is 614 g/mol. The van der Waals surface area contributed by atoms with Crippen LogP contribution in [-0.4, -0.2) is 64.2 Å². The maximum Gasteiger partial charge on any atom is 0.264 e. The van der Waals surface area contributed by atoms with Crippen LogP contribution in [0.25, 0.3) is 0 Å². The van der Waals surface area contributed by atoms with Crippen LogP contribution in [0.2, 0.25) is 0 Å². The zero-order chi connectivity index (χ0) is 30.7. The number of rotatable bonds is 15. The summed E-state index contributed by atoms with van der Waals surface area (Å²) in [6.07, 6.45) is 2.25. The van der Waals surface area contributed by atoms with E-state index < -0.39 is 28.5 Å². The number of anilines is 1. The van der Waals surface area contributed by atoms with Gasteiger partial charge < -0.3 is 19.7 Å². The quantitative estimate of drug-likeness (QED) is 0.242. The lowest BCUT2D eigenvalue weighted by Crippen LogP contribution is -2.52. The van der Waals surface area contributed by atoms with E-state index in [0.29, 0.717) is 31.1 Å². The van der Waals surface area contributed by atoms with Gasteiger partial charge in [0.2, 0.25) is 11.8 Å². The molecular weight excluding hydrogens is 574 g/mol. The number of nitrogens with zero attached hydrogens (tertiary/aromatic N) is 2. The number of sulfonamides is 1. The Morgan fingerprint density at radius 3 is 2.19 bits per heavy atom. The first-order valence-electron chi connectivity index (χ1n) is 13.8. The zero-order valence-electron chi connectivity index (χ0n) is 24.7. The first-order chi connectivity index (χ1) is 20.2. The number of amides is 2. The number of para-hydroxylation sites is 2. The largest absolute Gasteiger partial charge is 0.497 e. The Labute approximate surface area is 253 Å². The molecule has 0 fully saturated rings. The molecule has 0 aliphatic rings. The van der Waals surface area contributed by atoms with Gasteiger partial charge in [-0.1, -0.05) is 31.2 Å². The molecule has 42 heavy (non-hydrogen) atoms. The van der Waals surface area contributed by atoms with E-state index in [9.17, 15) is 18.0 Å². The summed E-state index contributed by atoms with van der Waals surface area (Å²) >= 11 is 1.50. The number of benzene rings is 3. The van der Waals surface area contributed by atoms with Gasteiger partial charge in [0.15, 0.2) is 0 Å². The average Bonchev–Trinajstić information content (AvgIpc) is 3.00. The van der Waals surface area contributed by atoms with Crippen LogP contribution in [0.15, 0.2) is 82.6 Å². The van der Waals surface area contributed by atoms with Gasteiger partial charge in [0.25, 0.3) is 10.0 Å². The summed E-state index contributed by atoms with van der Waals surface area (Å²) in [5, 5.41) is 2.81. The molecule has 0 saturated carbocycles. The standard InChI is InChI=1S/C31H39N3O6S2/c1-6-27(31(36)32-7-2)33(21-23-13-15-24(39-4)16-14-23)30(35)22-34(28-11-9-10-12-29(28)40-8-3)42(37,38)26-19-17-25(41-5)18-20-26/h9-20,27H,6-8,21-22H2,1-5H3,(H,32,36)/t27-/m0/s1. The van der Waals surface area contributed by atoms with Gasteiger partial charge in [0.1, 0.15) is 24.1 Å². The number of likely N-dealkylation sites (N-methyl/N-ethyl adjacent to an activating group) is 1. The van der Waals surface area contributed by atoms with E-state index in [1.165, 1.54) is 28.8 Å². The molecule has 0 saturated heterocycles. The van der Waals surface area contributed by atoms with Crippen LogP contribution in [0.5, 0.6) is 11.5 Å². The minimum atomic E-state index is -4.21. The fourth-order valence-corrected chi connectivity index (χ4v) is 6.30. The maximum absolute atomic E-state index is 14.2. The molecule has 9 nitrogen and oxygen atoms in total. The molecule has 1 N–H and O–H groups in total. The smallest absolute Gasteiger partial charge is 0.264 e. The normalized spacial score (nSPS) is 11.8. The molecule has 2 amide bonds. The Bertz CT molecular complexity index is 1430. The van der Waals surface area contributed by atoms with E-state index in [-0.39, 0.29) is 23.0 Å². The molecule has 0 aromatic heterocycles. The van der Waals surface area contributed by atoms with Crippen molar-refractivity contribution in [3.63, 3.8) is 0 Å². The predicted molar refractivity (Wildman–Crippen MR) is 167 cm³/mol. The van der Waals surface area contributed by atoms with Crippen molar-refractivity contribution in [2.75, 3.05) is 37.4 Å². The molecule has 0 radical (unpaired) electrons. The van der Waals surface area contributed by atoms with Crippen molar-refractivity contribution in [3.05, 3.63) is 78.4 Å². The Morgan fingerprint density at radius 1 is 0.952 bits per heavy atom. The highest BCUT2D eigenvalue weighted by Crippen LogP contribution is 2.33. The molecule has 11 heteroatoms. The number of carbonyl (C=O) groups is 2. The highest BCUT2D eigenvalue weighted by Gasteiger charge is 2.34. The molecule has 0 bridgehead atoms. The number of hydrogen-bond acceptors (Lipinski definition) is 7. The van der Waals surface area contributed by atoms with Gasteiger partial charge >= 0.3 is 0 Å². The van der Waals surface area contributed by atoms with Crippen LogP contribution in [0, 0.1) is 0 Å². The van der Waals surface area contributed by atoms with Crippen LogP contribution in [0.4, 0.5) is 5.69 Å². The van der Waals surface area contributed by atoms with Crippen molar-refractivity contribution < 1.29 is 27.5 Å². The molecule has 3 aromatic rings. The number of hydrogen-bond donors (Lipinski definition) is 1. The number of methoxy groups -OCH3 is 1. The molecule has 0 aliphatic carbocycles. The van der Waals surface area contributed by atoms with E-state index in [4.69, 9.17) is 9.47 Å². The minimum absolute atomic E-state index is 0.0388. The lowest BCUT2D eigenvalue weighted by molar-refractivity contribution is -0.140. The van der Waals surface area contributed by atoms with Crippen molar-refractivity contribution in [1.82, 2.24) is 10.2 Å². The number of ether oxygens (including phenoxy) is 2. The van der Waals surface area contributed by atoms with Crippen molar-refractivity contribution in [1.29, 1.82) is 0 Å². The number of thioether (sulfide) groups is 1. The summed E-state index contributed by atoms with van der Waals surface area (Å²) in [4.78, 5) is 29.7. The summed E-state index contributed by atoms with van der Waals surface area (Å²) in [7, 11) is -2.65. The van der Waals surface area contributed by atoms with Crippen LogP contribution >= 0.6 is 11.8 Å². The number of carbonyl (C=O) groups excluding carboxylic acids is 2. The van der Waals surface area contributed by atoms with Gasteiger partial charge in [-0.25, -0.2) is 8.42 Å². The Morgan fingerprint density at radius 2 is 1.62 bits per heavy atom. The fraction of sp³-hybridized carbons (Fsp3) is 0.355. The van der Waals surface area contributed by atoms with Crippen LogP contribution in [0.3, 0.4) is 0 Å². The molecule has 0 aliphatic heterocycles. The van der Waals surface area contributed by atoms with Crippen molar-refractivity contribution in [3.8, 4) is 11.5 Å². The monoisotopic (exact) mass is 613 g/mol. The van der Waals surface area contributed by atoms with Crippen molar-refractivity contribution >= 4 is 39.3 Å². The Hall–Kier alpha value is -3.70. The van der Waals surface area contributed by atoms with Crippen LogP contribution in [-0.2, 0) is 26.2 Å². The number of nitrogens with one attached hydrogen (secondary N) is 1. The van der Waals surface area contributed by atoms with Crippen molar-refractivity contribution in [2.24, 2.45) is 0 Å². The molecule has 0 spiro atoms. The highest BCUT2D eigenvalue weighted by atomic mass is 32.2. The summed E-state index contributed by atoms with van der Waals surface area (Å²) in [5.74, 6) is 0.150. The van der Waals surface area contributed by atoms with Gasteiger partial charge in [-0.2, -0.15) is 0 Å². The molecule has 3 rings (SSSR count). The van der Waals surface area contributed by atoms with Gasteiger partial charge in [-0.05, 0) is 80.6 Å². The van der Waals surface area contributed by atoms with Gasteiger partial charge in [-0.3, -0.25) is 13.9 Å². The molecular formula is C31H39N3O6S2. The van der Waals surface area contributed by atoms with E-state index >= 15 is 0 Å². The summed E-state index contributed by atoms with van der Waals surface area (Å²) in [6, 6.07) is 19.6. The molecule has 3 aromatic carbocycles. The summed E-state index contributed by atoms with van der Waals surface area (Å²) in [6.45, 7) is 5.69. The third-order valence-electron chi connectivity index (χ3n) is 6.61. The second-order valence-electron chi connectivity index (χ2n) is 9.28. The maximum atomic E-state index is 14.2. The van der Waals surface area contributed by atoms with Gasteiger partial charge in [-0.15, -0.1) is 11.8 Å². The van der Waals surface area contributed by atoms with Crippen molar-refractivity contribution in [2.45, 2.75) is 49.6 Å². The van der Waals surface area contributed by atoms with Gasteiger partial charge in [0.05, 0.1) is 24.3 Å². The van der Waals surface area contributed by atoms with Crippen LogP contribution < -0.4 is 19.1 Å². The molecule has 226 valence electrons. The Kier molecular flexibility index (Phi) is 12.1. The third kappa shape index (κ3) is 7.98. The van der Waals surface area contributed by atoms with E-state index in [1.54, 1.807) is 62.6 Å². The Balaban J connectivity index is 2.10. The fourth-order valence-electron chi connectivity index (χ4n) is 4.47. The molecule has 0 unspecified atom stereocenters. The topological polar surface area (TPSA) is 105 Å². The van der Waals surface area contributed by atoms with E-state index in [1.807, 2.05) is 32.2 Å². The predicted octanol–water partition coefficient (Wildman–Crippen LogP) is 4.95. The summed E-state index contributed by atoms with van der Waals surface area (Å²) in [5.41, 5.74) is 1.00. The first kappa shape index (κ1) is 32.8. The minimum Gasteiger partial charge on any atom is -0.497 e. The zero-order valence-corrected chi connectivity index (χ0v) is 26.3. The molecule has 0 heterocycles. The van der Waals surface area contributed by atoms with Crippen LogP contribution in [0.1, 0.15) is 32.8 Å². The summed E-state index contributed by atoms with van der Waals surface area (Å²) < 4.78 is 40.4. The first-order valence-corrected chi connectivity index (χ1v) is 16.4. The third-order valence-corrected chi connectivity index (χ3v) is 9.13. The lowest BCUT2D eigenvalue weighted by atomic mass is 10.1. The highest BCUT2D eigenvalue weighted by molar-refractivity contribution is 7.98. The second kappa shape index (κ2) is 15.5. The van der Waals surface area contributed by atoms with E-state index in [2.05, 4.69) is 5.32 Å².